The van der Waals surface area contributed by atoms with Crippen LogP contribution in [0, 0.1) is 0 Å². The van der Waals surface area contributed by atoms with Gasteiger partial charge >= 0.3 is 0 Å². The first-order valence-electron chi connectivity index (χ1n) is 9.52. The summed E-state index contributed by atoms with van der Waals surface area (Å²) in [6.07, 6.45) is 11.4. The van der Waals surface area contributed by atoms with Crippen molar-refractivity contribution in [2.45, 2.75) is 57.0 Å². The summed E-state index contributed by atoms with van der Waals surface area (Å²) in [6, 6.07) is 4.23. The predicted octanol–water partition coefficient (Wildman–Crippen LogP) is 2.30. The van der Waals surface area contributed by atoms with Crippen molar-refractivity contribution >= 4 is 15.8 Å². The smallest absolute Gasteiger partial charge is 0.208 e. The molecule has 2 aliphatic rings. The van der Waals surface area contributed by atoms with Gasteiger partial charge in [-0.25, -0.2) is 23.1 Å². The monoisotopic (exact) mass is 387 g/mol. The Bertz CT molecular complexity index is 909. The lowest BCUT2D eigenvalue weighted by Crippen LogP contribution is -2.39. The molecule has 0 saturated heterocycles. The van der Waals surface area contributed by atoms with Crippen LogP contribution in [-0.2, 0) is 22.9 Å². The molecule has 0 amide bonds. The summed E-state index contributed by atoms with van der Waals surface area (Å²) in [6.45, 7) is 0. The molecular weight excluding hydrogens is 362 g/mol. The first-order chi connectivity index (χ1) is 13.0. The number of pyridine rings is 1. The fourth-order valence-electron chi connectivity index (χ4n) is 4.03. The number of hydrogen-bond acceptors (Lipinski definition) is 6. The molecule has 0 aliphatic heterocycles. The van der Waals surface area contributed by atoms with Gasteiger partial charge in [-0.05, 0) is 57.1 Å². The molecule has 0 bridgehead atoms. The van der Waals surface area contributed by atoms with E-state index in [-0.39, 0.29) is 6.04 Å². The zero-order chi connectivity index (χ0) is 18.9. The highest BCUT2D eigenvalue weighted by molar-refractivity contribution is 7.88. The maximum Gasteiger partial charge on any atom is 0.208 e. The van der Waals surface area contributed by atoms with Crippen LogP contribution in [0.1, 0.15) is 43.4 Å². The van der Waals surface area contributed by atoms with Crippen molar-refractivity contribution in [3.63, 3.8) is 0 Å². The predicted molar refractivity (Wildman–Crippen MR) is 105 cm³/mol. The Labute approximate surface area is 160 Å². The van der Waals surface area contributed by atoms with E-state index in [1.807, 2.05) is 12.1 Å². The first kappa shape index (κ1) is 18.3. The summed E-state index contributed by atoms with van der Waals surface area (Å²) >= 11 is 0. The Morgan fingerprint density at radius 1 is 1.07 bits per heavy atom. The molecule has 1 fully saturated rings. The molecule has 7 nitrogen and oxygen atoms in total. The molecule has 0 radical (unpaired) electrons. The van der Waals surface area contributed by atoms with Crippen molar-refractivity contribution in [2.75, 3.05) is 11.6 Å². The standard InChI is InChI=1S/C19H25N5O2S/c1-27(25,26)24-15-9-7-14(8-10-15)21-19-16-5-2-6-17(16)22-18(23-19)13-4-3-11-20-12-13/h3-4,11-12,14-15,24H,2,5-10H2,1H3,(H,21,22,23). The van der Waals surface area contributed by atoms with Crippen molar-refractivity contribution in [3.8, 4) is 11.4 Å². The molecule has 0 aromatic carbocycles. The van der Waals surface area contributed by atoms with E-state index in [9.17, 15) is 8.42 Å². The van der Waals surface area contributed by atoms with E-state index in [1.54, 1.807) is 12.4 Å². The van der Waals surface area contributed by atoms with Crippen molar-refractivity contribution in [2.24, 2.45) is 0 Å². The van der Waals surface area contributed by atoms with Gasteiger partial charge in [0.2, 0.25) is 10.0 Å². The molecule has 2 aromatic rings. The first-order valence-corrected chi connectivity index (χ1v) is 11.4. The number of nitrogens with zero attached hydrogens (tertiary/aromatic N) is 3. The number of sulfonamides is 1. The van der Waals surface area contributed by atoms with Crippen molar-refractivity contribution < 1.29 is 8.42 Å². The van der Waals surface area contributed by atoms with Crippen LogP contribution in [0.25, 0.3) is 11.4 Å². The van der Waals surface area contributed by atoms with E-state index < -0.39 is 10.0 Å². The summed E-state index contributed by atoms with van der Waals surface area (Å²) in [7, 11) is -3.14. The second-order valence-corrected chi connectivity index (χ2v) is 9.28. The quantitative estimate of drug-likeness (QED) is 0.817. The number of nitrogens with one attached hydrogen (secondary N) is 2. The minimum atomic E-state index is -3.14. The number of anilines is 1. The van der Waals surface area contributed by atoms with Gasteiger partial charge in [-0.1, -0.05) is 0 Å². The van der Waals surface area contributed by atoms with Gasteiger partial charge in [0.05, 0.1) is 6.26 Å². The Hall–Kier alpha value is -2.06. The van der Waals surface area contributed by atoms with Gasteiger partial charge in [-0.3, -0.25) is 4.98 Å². The minimum absolute atomic E-state index is 0.0418. The molecule has 0 unspecified atom stereocenters. The van der Waals surface area contributed by atoms with Crippen LogP contribution in [0.4, 0.5) is 5.82 Å². The molecule has 2 heterocycles. The molecule has 144 valence electrons. The van der Waals surface area contributed by atoms with Crippen molar-refractivity contribution in [1.29, 1.82) is 0 Å². The van der Waals surface area contributed by atoms with Gasteiger partial charge in [0, 0.05) is 41.3 Å². The Kier molecular flexibility index (Phi) is 5.10. The second kappa shape index (κ2) is 7.52. The lowest BCUT2D eigenvalue weighted by Gasteiger charge is -2.30. The number of aromatic nitrogens is 3. The van der Waals surface area contributed by atoms with E-state index in [4.69, 9.17) is 9.97 Å². The fraction of sp³-hybridized carbons (Fsp3) is 0.526. The fourth-order valence-corrected chi connectivity index (χ4v) is 4.87. The SMILES string of the molecule is CS(=O)(=O)NC1CCC(Nc2nc(-c3cccnc3)nc3c2CCC3)CC1. The van der Waals surface area contributed by atoms with Crippen LogP contribution in [0.2, 0.25) is 0 Å². The van der Waals surface area contributed by atoms with Crippen molar-refractivity contribution in [1.82, 2.24) is 19.7 Å². The Morgan fingerprint density at radius 3 is 2.56 bits per heavy atom. The number of hydrogen-bond donors (Lipinski definition) is 2. The lowest BCUT2D eigenvalue weighted by atomic mass is 9.91. The zero-order valence-electron chi connectivity index (χ0n) is 15.5. The maximum atomic E-state index is 11.4. The highest BCUT2D eigenvalue weighted by atomic mass is 32.2. The van der Waals surface area contributed by atoms with E-state index in [0.717, 1.165) is 67.8 Å². The van der Waals surface area contributed by atoms with E-state index in [0.29, 0.717) is 6.04 Å². The number of rotatable bonds is 5. The Balaban J connectivity index is 1.50. The topological polar surface area (TPSA) is 96.9 Å². The summed E-state index contributed by atoms with van der Waals surface area (Å²) in [4.78, 5) is 13.8. The molecule has 0 spiro atoms. The summed E-state index contributed by atoms with van der Waals surface area (Å²) in [5, 5.41) is 3.63. The van der Waals surface area contributed by atoms with E-state index in [1.165, 1.54) is 11.8 Å². The zero-order valence-corrected chi connectivity index (χ0v) is 16.3. The second-order valence-electron chi connectivity index (χ2n) is 7.50. The van der Waals surface area contributed by atoms with Gasteiger partial charge < -0.3 is 5.32 Å². The van der Waals surface area contributed by atoms with Crippen LogP contribution in [0.3, 0.4) is 0 Å². The molecule has 8 heteroatoms. The summed E-state index contributed by atoms with van der Waals surface area (Å²) in [5.74, 6) is 1.66. The average molecular weight is 388 g/mol. The molecule has 1 saturated carbocycles. The molecule has 27 heavy (non-hydrogen) atoms. The van der Waals surface area contributed by atoms with Crippen LogP contribution in [0.5, 0.6) is 0 Å². The highest BCUT2D eigenvalue weighted by Crippen LogP contribution is 2.31. The normalized spacial score (nSPS) is 22.4. The average Bonchev–Trinajstić information content (AvgIpc) is 3.12. The van der Waals surface area contributed by atoms with Gasteiger partial charge in [-0.15, -0.1) is 0 Å². The van der Waals surface area contributed by atoms with Crippen molar-refractivity contribution in [3.05, 3.63) is 35.8 Å². The molecule has 2 aliphatic carbocycles. The third-order valence-electron chi connectivity index (χ3n) is 5.30. The van der Waals surface area contributed by atoms with E-state index >= 15 is 0 Å². The van der Waals surface area contributed by atoms with Crippen LogP contribution < -0.4 is 10.0 Å². The number of fused-ring (bicyclic) bond motifs is 1. The minimum Gasteiger partial charge on any atom is -0.367 e. The maximum absolute atomic E-state index is 11.4. The summed E-state index contributed by atoms with van der Waals surface area (Å²) in [5.41, 5.74) is 3.30. The van der Waals surface area contributed by atoms with Gasteiger partial charge in [0.25, 0.3) is 0 Å². The molecule has 2 aromatic heterocycles. The van der Waals surface area contributed by atoms with Gasteiger partial charge in [0.1, 0.15) is 5.82 Å². The van der Waals surface area contributed by atoms with Crippen LogP contribution in [-0.4, -0.2) is 41.7 Å². The molecular formula is C19H25N5O2S. The molecule has 4 rings (SSSR count). The third-order valence-corrected chi connectivity index (χ3v) is 6.06. The van der Waals surface area contributed by atoms with Crippen LogP contribution in [0.15, 0.2) is 24.5 Å². The largest absolute Gasteiger partial charge is 0.367 e. The van der Waals surface area contributed by atoms with Gasteiger partial charge in [0.15, 0.2) is 5.82 Å². The Morgan fingerprint density at radius 2 is 1.85 bits per heavy atom. The lowest BCUT2D eigenvalue weighted by molar-refractivity contribution is 0.387. The molecule has 0 atom stereocenters. The van der Waals surface area contributed by atoms with Gasteiger partial charge in [-0.2, -0.15) is 0 Å². The van der Waals surface area contributed by atoms with E-state index in [2.05, 4.69) is 15.0 Å². The molecule has 2 N–H and O–H groups in total. The summed E-state index contributed by atoms with van der Waals surface area (Å²) < 4.78 is 25.6. The highest BCUT2D eigenvalue weighted by Gasteiger charge is 2.26. The van der Waals surface area contributed by atoms with Crippen LogP contribution >= 0.6 is 0 Å². The third kappa shape index (κ3) is 4.44. The number of aryl methyl sites for hydroxylation is 1.